The van der Waals surface area contributed by atoms with Crippen LogP contribution >= 0.6 is 0 Å². The minimum Gasteiger partial charge on any atom is -0.394 e. The van der Waals surface area contributed by atoms with Crippen LogP contribution in [0, 0.1) is 0 Å². The molecular formula is C49H95NO8. The molecule has 0 unspecified atom stereocenters. The zero-order valence-electron chi connectivity index (χ0n) is 37.9. The molecule has 2 fully saturated rings. The molecule has 2 aliphatic heterocycles. The van der Waals surface area contributed by atoms with Crippen LogP contribution in [0.2, 0.25) is 0 Å². The predicted molar refractivity (Wildman–Crippen MR) is 238 cm³/mol. The van der Waals surface area contributed by atoms with Gasteiger partial charge in [-0.15, -0.1) is 0 Å². The van der Waals surface area contributed by atoms with Crippen molar-refractivity contribution in [1.82, 2.24) is 4.90 Å². The van der Waals surface area contributed by atoms with Gasteiger partial charge in [-0.1, -0.05) is 226 Å². The largest absolute Gasteiger partial charge is 0.394 e. The standard InChI is InChI=1S/C49H95NO8/c1-3-5-7-9-11-13-15-17-18-19-20-21-22-23-24-25-26-28-30-32-34-36-38-44(52)50-41(37-35-33-31-29-27-16-14-12-10-8-6-4-2)45(53)42(50)40-57-49-48(56)47(55)46(54)43(39-51)58-49/h41-43,45-49,51,53-56H,3-40H2,1-2H3/t41-,42-,43+,45+,46-,47-,48+,49-/m0/s1. The summed E-state index contributed by atoms with van der Waals surface area (Å²) in [7, 11) is 0. The predicted octanol–water partition coefficient (Wildman–Crippen LogP) is 10.8. The van der Waals surface area contributed by atoms with Crippen LogP contribution in [-0.4, -0.2) is 98.4 Å². The first-order chi connectivity index (χ1) is 28.4. The number of ether oxygens (including phenoxy) is 2. The molecule has 0 aromatic heterocycles. The Hall–Kier alpha value is -0.810. The highest BCUT2D eigenvalue weighted by atomic mass is 16.7. The van der Waals surface area contributed by atoms with Gasteiger partial charge in [0.1, 0.15) is 24.4 Å². The molecule has 2 rings (SSSR count). The van der Waals surface area contributed by atoms with Gasteiger partial charge >= 0.3 is 0 Å². The lowest BCUT2D eigenvalue weighted by Gasteiger charge is -2.53. The molecule has 5 N–H and O–H groups in total. The number of unbranched alkanes of at least 4 members (excludes halogenated alkanes) is 32. The van der Waals surface area contributed by atoms with Gasteiger partial charge in [-0.25, -0.2) is 0 Å². The van der Waals surface area contributed by atoms with Gasteiger partial charge in [0.05, 0.1) is 31.4 Å². The molecule has 0 saturated carbocycles. The molecule has 0 aliphatic carbocycles. The third-order valence-corrected chi connectivity index (χ3v) is 13.2. The number of aliphatic hydroxyl groups excluding tert-OH is 5. The van der Waals surface area contributed by atoms with Crippen molar-refractivity contribution in [2.24, 2.45) is 0 Å². The Morgan fingerprint density at radius 2 is 0.828 bits per heavy atom. The van der Waals surface area contributed by atoms with Crippen molar-refractivity contribution in [3.63, 3.8) is 0 Å². The quantitative estimate of drug-likeness (QED) is 0.0385. The molecule has 344 valence electrons. The van der Waals surface area contributed by atoms with Gasteiger partial charge in [0.2, 0.25) is 5.91 Å². The summed E-state index contributed by atoms with van der Waals surface area (Å²) in [5, 5.41) is 51.5. The molecule has 2 aliphatic rings. The average molecular weight is 826 g/mol. The molecule has 1 amide bonds. The third-order valence-electron chi connectivity index (χ3n) is 13.2. The molecule has 8 atom stereocenters. The number of carbonyl (C=O) groups excluding carboxylic acids is 1. The SMILES string of the molecule is CCCCCCCCCCCCCCCCCCCCCCCCC(=O)N1[C@@H](CCCCCCCCCCCCCC)[C@@H](O)[C@@H]1CO[C@H]1O[C@H](CO)[C@H](O)[C@H](O)[C@H]1O. The summed E-state index contributed by atoms with van der Waals surface area (Å²) < 4.78 is 11.3. The zero-order valence-corrected chi connectivity index (χ0v) is 37.9. The van der Waals surface area contributed by atoms with E-state index in [4.69, 9.17) is 9.47 Å². The molecule has 2 heterocycles. The van der Waals surface area contributed by atoms with Gasteiger partial charge in [-0.3, -0.25) is 4.79 Å². The van der Waals surface area contributed by atoms with Crippen LogP contribution < -0.4 is 0 Å². The smallest absolute Gasteiger partial charge is 0.223 e. The number of rotatable bonds is 40. The van der Waals surface area contributed by atoms with E-state index in [2.05, 4.69) is 13.8 Å². The number of nitrogens with zero attached hydrogens (tertiary/aromatic N) is 1. The van der Waals surface area contributed by atoms with Gasteiger partial charge in [-0.2, -0.15) is 0 Å². The first-order valence-corrected chi connectivity index (χ1v) is 25.3. The third kappa shape index (κ3) is 22.9. The van der Waals surface area contributed by atoms with Crippen molar-refractivity contribution >= 4 is 5.91 Å². The Labute approximate surface area is 356 Å². The summed E-state index contributed by atoms with van der Waals surface area (Å²) in [6.07, 6.45) is 37.9. The minimum absolute atomic E-state index is 0.0322. The van der Waals surface area contributed by atoms with Crippen molar-refractivity contribution in [3.05, 3.63) is 0 Å². The van der Waals surface area contributed by atoms with E-state index < -0.39 is 49.5 Å². The first kappa shape index (κ1) is 53.3. The summed E-state index contributed by atoms with van der Waals surface area (Å²) in [5.41, 5.74) is 0. The highest BCUT2D eigenvalue weighted by molar-refractivity contribution is 5.78. The van der Waals surface area contributed by atoms with Crippen molar-refractivity contribution in [1.29, 1.82) is 0 Å². The number of likely N-dealkylation sites (tertiary alicyclic amines) is 1. The van der Waals surface area contributed by atoms with Crippen LogP contribution in [0.3, 0.4) is 0 Å². The number of amides is 1. The second-order valence-corrected chi connectivity index (χ2v) is 18.3. The zero-order chi connectivity index (χ0) is 42.1. The van der Waals surface area contributed by atoms with Crippen molar-refractivity contribution < 1.29 is 39.8 Å². The van der Waals surface area contributed by atoms with Crippen LogP contribution in [0.15, 0.2) is 0 Å². The van der Waals surface area contributed by atoms with Gasteiger partial charge < -0.3 is 39.9 Å². The fourth-order valence-electron chi connectivity index (χ4n) is 9.20. The van der Waals surface area contributed by atoms with E-state index in [-0.39, 0.29) is 18.6 Å². The van der Waals surface area contributed by atoms with Gasteiger partial charge in [0.15, 0.2) is 6.29 Å². The maximum absolute atomic E-state index is 13.6. The Bertz CT molecular complexity index is 938. The van der Waals surface area contributed by atoms with E-state index in [9.17, 15) is 30.3 Å². The maximum atomic E-state index is 13.6. The topological polar surface area (TPSA) is 140 Å². The fourth-order valence-corrected chi connectivity index (χ4v) is 9.20. The molecule has 0 spiro atoms. The van der Waals surface area contributed by atoms with Gasteiger partial charge in [-0.05, 0) is 12.8 Å². The average Bonchev–Trinajstić information content (AvgIpc) is 3.22. The summed E-state index contributed by atoms with van der Waals surface area (Å²) in [4.78, 5) is 15.4. The Morgan fingerprint density at radius 1 is 0.466 bits per heavy atom. The maximum Gasteiger partial charge on any atom is 0.223 e. The lowest BCUT2D eigenvalue weighted by Crippen LogP contribution is -2.71. The summed E-state index contributed by atoms with van der Waals surface area (Å²) >= 11 is 0. The lowest BCUT2D eigenvalue weighted by atomic mass is 9.85. The first-order valence-electron chi connectivity index (χ1n) is 25.3. The van der Waals surface area contributed by atoms with E-state index in [1.165, 1.54) is 186 Å². The molecular weight excluding hydrogens is 731 g/mol. The second kappa shape index (κ2) is 35.8. The lowest BCUT2D eigenvalue weighted by molar-refractivity contribution is -0.307. The van der Waals surface area contributed by atoms with E-state index in [1.54, 1.807) is 4.90 Å². The molecule has 2 saturated heterocycles. The summed E-state index contributed by atoms with van der Waals surface area (Å²) in [5.74, 6) is 0.0322. The molecule has 9 nitrogen and oxygen atoms in total. The monoisotopic (exact) mass is 826 g/mol. The van der Waals surface area contributed by atoms with E-state index >= 15 is 0 Å². The van der Waals surface area contributed by atoms with Crippen LogP contribution in [0.4, 0.5) is 0 Å². The summed E-state index contributed by atoms with van der Waals surface area (Å²) in [6.45, 7) is 3.94. The number of aliphatic hydroxyl groups is 5. The van der Waals surface area contributed by atoms with Gasteiger partial charge in [0, 0.05) is 6.42 Å². The number of carbonyl (C=O) groups is 1. The van der Waals surface area contributed by atoms with E-state index in [1.807, 2.05) is 0 Å². The van der Waals surface area contributed by atoms with Crippen molar-refractivity contribution in [2.45, 2.75) is 294 Å². The van der Waals surface area contributed by atoms with Crippen LogP contribution in [0.5, 0.6) is 0 Å². The Kier molecular flexibility index (Phi) is 32.9. The van der Waals surface area contributed by atoms with Crippen LogP contribution in [0.1, 0.15) is 245 Å². The fraction of sp³-hybridized carbons (Fsp3) is 0.980. The Morgan fingerprint density at radius 3 is 1.21 bits per heavy atom. The number of hydrogen-bond donors (Lipinski definition) is 5. The van der Waals surface area contributed by atoms with Crippen LogP contribution in [-0.2, 0) is 14.3 Å². The molecule has 58 heavy (non-hydrogen) atoms. The van der Waals surface area contributed by atoms with E-state index in [0.29, 0.717) is 6.42 Å². The second-order valence-electron chi connectivity index (χ2n) is 18.3. The molecule has 0 aromatic rings. The highest BCUT2D eigenvalue weighted by Gasteiger charge is 2.51. The minimum atomic E-state index is -1.53. The summed E-state index contributed by atoms with van der Waals surface area (Å²) in [6, 6.07) is -0.819. The molecule has 0 bridgehead atoms. The van der Waals surface area contributed by atoms with Gasteiger partial charge in [0.25, 0.3) is 0 Å². The number of hydrogen-bond acceptors (Lipinski definition) is 8. The molecule has 9 heteroatoms. The normalized spacial score (nSPS) is 24.7. The van der Waals surface area contributed by atoms with Crippen LogP contribution in [0.25, 0.3) is 0 Å². The highest BCUT2D eigenvalue weighted by Crippen LogP contribution is 2.33. The Balaban J connectivity index is 1.60. The van der Waals surface area contributed by atoms with Crippen molar-refractivity contribution in [3.8, 4) is 0 Å². The van der Waals surface area contributed by atoms with E-state index in [0.717, 1.165) is 38.5 Å². The van der Waals surface area contributed by atoms with Crippen molar-refractivity contribution in [2.75, 3.05) is 13.2 Å². The molecule has 0 radical (unpaired) electrons. The molecule has 0 aromatic carbocycles.